The molecule has 2 heterocycles. The zero-order valence-electron chi connectivity index (χ0n) is 13.0. The van der Waals surface area contributed by atoms with Crippen molar-refractivity contribution >= 4 is 22.1 Å². The van der Waals surface area contributed by atoms with E-state index in [0.29, 0.717) is 16.7 Å². The van der Waals surface area contributed by atoms with Gasteiger partial charge in [-0.05, 0) is 24.3 Å². The molecule has 25 heavy (non-hydrogen) atoms. The van der Waals surface area contributed by atoms with Crippen LogP contribution in [0.25, 0.3) is 33.5 Å². The number of benzene rings is 2. The van der Waals surface area contributed by atoms with Crippen LogP contribution in [0.3, 0.4) is 0 Å². The lowest BCUT2D eigenvalue weighted by molar-refractivity contribution is -0.137. The third kappa shape index (κ3) is 2.57. The van der Waals surface area contributed by atoms with Crippen molar-refractivity contribution in [1.82, 2.24) is 9.97 Å². The number of aromatic nitrogens is 2. The molecule has 126 valence electrons. The van der Waals surface area contributed by atoms with Crippen molar-refractivity contribution in [3.8, 4) is 17.3 Å². The molecule has 0 atom stereocenters. The molecule has 0 saturated heterocycles. The van der Waals surface area contributed by atoms with Crippen LogP contribution in [-0.4, -0.2) is 17.1 Å². The Morgan fingerprint density at radius 3 is 2.56 bits per heavy atom. The summed E-state index contributed by atoms with van der Waals surface area (Å²) in [6.07, 6.45) is -4.44. The quantitative estimate of drug-likeness (QED) is 0.509. The smallest absolute Gasteiger partial charge is 0.416 e. The maximum atomic E-state index is 13.0. The first-order valence-electron chi connectivity index (χ1n) is 7.38. The minimum atomic E-state index is -4.44. The molecule has 0 aliphatic heterocycles. The Morgan fingerprint density at radius 1 is 1.00 bits per heavy atom. The summed E-state index contributed by atoms with van der Waals surface area (Å²) in [6.45, 7) is 0. The number of para-hydroxylation sites is 1. The van der Waals surface area contributed by atoms with Gasteiger partial charge in [-0.3, -0.25) is 0 Å². The van der Waals surface area contributed by atoms with Crippen LogP contribution in [0, 0.1) is 0 Å². The number of fused-ring (bicyclic) bond motifs is 3. The van der Waals surface area contributed by atoms with Gasteiger partial charge in [-0.15, -0.1) is 0 Å². The number of nitrogens with zero attached hydrogens (tertiary/aromatic N) is 2. The molecular weight excluding hydrogens is 333 g/mol. The number of halogens is 3. The van der Waals surface area contributed by atoms with Crippen LogP contribution >= 0.6 is 0 Å². The van der Waals surface area contributed by atoms with Crippen molar-refractivity contribution in [2.75, 3.05) is 7.11 Å². The van der Waals surface area contributed by atoms with E-state index in [0.717, 1.165) is 17.5 Å². The van der Waals surface area contributed by atoms with Gasteiger partial charge < -0.3 is 9.15 Å². The average molecular weight is 344 g/mol. The predicted octanol–water partition coefficient (Wildman–Crippen LogP) is 5.07. The van der Waals surface area contributed by atoms with E-state index in [9.17, 15) is 13.2 Å². The Labute approximate surface area is 139 Å². The van der Waals surface area contributed by atoms with Gasteiger partial charge in [0.25, 0.3) is 5.88 Å². The van der Waals surface area contributed by atoms with Crippen molar-refractivity contribution in [3.63, 3.8) is 0 Å². The van der Waals surface area contributed by atoms with Crippen LogP contribution in [0.4, 0.5) is 13.2 Å². The molecule has 0 N–H and O–H groups in total. The number of methoxy groups -OCH3 is 1. The highest BCUT2D eigenvalue weighted by Gasteiger charge is 2.30. The lowest BCUT2D eigenvalue weighted by Crippen LogP contribution is -2.05. The highest BCUT2D eigenvalue weighted by Crippen LogP contribution is 2.35. The first kappa shape index (κ1) is 15.4. The van der Waals surface area contributed by atoms with Crippen LogP contribution in [-0.2, 0) is 6.18 Å². The van der Waals surface area contributed by atoms with Crippen LogP contribution in [0.2, 0.25) is 0 Å². The monoisotopic (exact) mass is 344 g/mol. The van der Waals surface area contributed by atoms with Gasteiger partial charge in [-0.2, -0.15) is 18.2 Å². The van der Waals surface area contributed by atoms with Gasteiger partial charge in [0.1, 0.15) is 11.1 Å². The van der Waals surface area contributed by atoms with E-state index in [2.05, 4.69) is 9.97 Å². The van der Waals surface area contributed by atoms with E-state index in [1.165, 1.54) is 19.2 Å². The summed E-state index contributed by atoms with van der Waals surface area (Å²) in [6, 6.07) is 12.1. The Morgan fingerprint density at radius 2 is 1.80 bits per heavy atom. The molecule has 0 spiro atoms. The second-order valence-corrected chi connectivity index (χ2v) is 5.41. The zero-order valence-corrected chi connectivity index (χ0v) is 13.0. The van der Waals surface area contributed by atoms with Crippen LogP contribution in [0.15, 0.2) is 52.9 Å². The number of ether oxygens (including phenoxy) is 1. The third-order valence-electron chi connectivity index (χ3n) is 3.83. The Balaban J connectivity index is 1.98. The Hall–Kier alpha value is -3.09. The Bertz CT molecular complexity index is 1090. The molecule has 4 nitrogen and oxygen atoms in total. The van der Waals surface area contributed by atoms with Crippen molar-refractivity contribution in [3.05, 3.63) is 54.1 Å². The molecule has 0 unspecified atom stereocenters. The minimum absolute atomic E-state index is 0.141. The van der Waals surface area contributed by atoms with Crippen LogP contribution in [0.1, 0.15) is 5.56 Å². The number of alkyl halides is 3. The number of furan rings is 1. The molecule has 0 aliphatic carbocycles. The molecule has 0 bridgehead atoms. The fraction of sp³-hybridized carbons (Fsp3) is 0.111. The van der Waals surface area contributed by atoms with Gasteiger partial charge in [-0.25, -0.2) is 4.98 Å². The first-order valence-corrected chi connectivity index (χ1v) is 7.38. The SMILES string of the molecule is COc1nc(-c2cccc(C(F)(F)F)c2)nc2c1oc1ccccc12. The summed E-state index contributed by atoms with van der Waals surface area (Å²) in [5.74, 6) is 0.315. The summed E-state index contributed by atoms with van der Waals surface area (Å²) < 4.78 is 49.8. The molecule has 0 amide bonds. The van der Waals surface area contributed by atoms with Gasteiger partial charge in [0.15, 0.2) is 5.82 Å². The fourth-order valence-corrected chi connectivity index (χ4v) is 2.67. The number of hydrogen-bond acceptors (Lipinski definition) is 4. The fourth-order valence-electron chi connectivity index (χ4n) is 2.67. The van der Waals surface area contributed by atoms with Crippen molar-refractivity contribution in [2.45, 2.75) is 6.18 Å². The molecule has 4 rings (SSSR count). The van der Waals surface area contributed by atoms with Gasteiger partial charge in [0.05, 0.1) is 12.7 Å². The van der Waals surface area contributed by atoms with Crippen molar-refractivity contribution < 1.29 is 22.3 Å². The third-order valence-corrected chi connectivity index (χ3v) is 3.83. The van der Waals surface area contributed by atoms with Gasteiger partial charge >= 0.3 is 6.18 Å². The van der Waals surface area contributed by atoms with E-state index >= 15 is 0 Å². The normalized spacial score (nSPS) is 12.0. The summed E-state index contributed by atoms with van der Waals surface area (Å²) in [4.78, 5) is 8.63. The highest BCUT2D eigenvalue weighted by molar-refractivity contribution is 6.04. The molecule has 0 saturated carbocycles. The van der Waals surface area contributed by atoms with E-state index in [1.807, 2.05) is 18.2 Å². The second kappa shape index (κ2) is 5.47. The standard InChI is InChI=1S/C18H11F3N2O2/c1-24-17-15-14(12-7-2-3-8-13(12)25-15)22-16(23-17)10-5-4-6-11(9-10)18(19,20)21/h2-9H,1H3. The topological polar surface area (TPSA) is 48.2 Å². The molecular formula is C18H11F3N2O2. The maximum Gasteiger partial charge on any atom is 0.416 e. The minimum Gasteiger partial charge on any atom is -0.478 e. The lowest BCUT2D eigenvalue weighted by Gasteiger charge is -2.09. The average Bonchev–Trinajstić information content (AvgIpc) is 2.99. The Kier molecular flexibility index (Phi) is 3.38. The van der Waals surface area contributed by atoms with Crippen molar-refractivity contribution in [2.24, 2.45) is 0 Å². The van der Waals surface area contributed by atoms with Gasteiger partial charge in [0, 0.05) is 10.9 Å². The summed E-state index contributed by atoms with van der Waals surface area (Å²) in [5, 5.41) is 0.742. The molecule has 0 fully saturated rings. The molecule has 4 aromatic rings. The number of rotatable bonds is 2. The highest BCUT2D eigenvalue weighted by atomic mass is 19.4. The molecule has 2 aromatic carbocycles. The van der Waals surface area contributed by atoms with E-state index in [-0.39, 0.29) is 17.3 Å². The molecule has 0 aliphatic rings. The van der Waals surface area contributed by atoms with E-state index in [4.69, 9.17) is 9.15 Å². The van der Waals surface area contributed by atoms with Crippen LogP contribution in [0.5, 0.6) is 5.88 Å². The van der Waals surface area contributed by atoms with Gasteiger partial charge in [-0.1, -0.05) is 24.3 Å². The van der Waals surface area contributed by atoms with E-state index in [1.54, 1.807) is 6.07 Å². The molecule has 2 aromatic heterocycles. The first-order chi connectivity index (χ1) is 12.0. The zero-order chi connectivity index (χ0) is 17.6. The lowest BCUT2D eigenvalue weighted by atomic mass is 10.1. The maximum absolute atomic E-state index is 13.0. The summed E-state index contributed by atoms with van der Waals surface area (Å²) >= 11 is 0. The molecule has 0 radical (unpaired) electrons. The molecule has 7 heteroatoms. The largest absolute Gasteiger partial charge is 0.478 e. The summed E-state index contributed by atoms with van der Waals surface area (Å²) in [5.41, 5.74) is 0.950. The number of hydrogen-bond donors (Lipinski definition) is 0. The van der Waals surface area contributed by atoms with E-state index < -0.39 is 11.7 Å². The van der Waals surface area contributed by atoms with Crippen LogP contribution < -0.4 is 4.74 Å². The van der Waals surface area contributed by atoms with Gasteiger partial charge in [0.2, 0.25) is 5.58 Å². The predicted molar refractivity (Wildman–Crippen MR) is 86.3 cm³/mol. The van der Waals surface area contributed by atoms with Crippen molar-refractivity contribution in [1.29, 1.82) is 0 Å². The summed E-state index contributed by atoms with van der Waals surface area (Å²) in [7, 11) is 1.42. The second-order valence-electron chi connectivity index (χ2n) is 5.41.